The highest BCUT2D eigenvalue weighted by Crippen LogP contribution is 2.29. The molecule has 2 saturated heterocycles. The number of alkyl halides is 2. The molecule has 2 aliphatic rings. The molecule has 10 rings (SSSR count). The lowest BCUT2D eigenvalue weighted by molar-refractivity contribution is 0.0968. The van der Waals surface area contributed by atoms with Crippen molar-refractivity contribution in [2.24, 2.45) is 17.2 Å². The van der Waals surface area contributed by atoms with Gasteiger partial charge in [-0.05, 0) is 111 Å². The van der Waals surface area contributed by atoms with Gasteiger partial charge in [0.2, 0.25) is 20.0 Å². The second-order valence-electron chi connectivity index (χ2n) is 17.7. The molecule has 3 aromatic heterocycles. The Morgan fingerprint density at radius 1 is 0.551 bits per heavy atom. The van der Waals surface area contributed by atoms with Gasteiger partial charge < -0.3 is 51.3 Å². The van der Waals surface area contributed by atoms with Crippen LogP contribution in [0.3, 0.4) is 0 Å². The molecule has 0 spiro atoms. The highest BCUT2D eigenvalue weighted by molar-refractivity contribution is 7.89. The molecule has 0 radical (unpaired) electrons. The van der Waals surface area contributed by atoms with E-state index in [0.29, 0.717) is 53.5 Å². The first kappa shape index (κ1) is 61.7. The predicted molar refractivity (Wildman–Crippen MR) is 306 cm³/mol. The van der Waals surface area contributed by atoms with Crippen molar-refractivity contribution in [3.8, 4) is 0 Å². The quantitative estimate of drug-likeness (QED) is 0.0547. The van der Waals surface area contributed by atoms with Crippen LogP contribution in [-0.4, -0.2) is 120 Å². The lowest BCUT2D eigenvalue weighted by Crippen LogP contribution is -2.48. The standard InChI is InChI=1S/C20H21N3O4S.C13H15N3O2.C11H15Cl2NO2S.C9H8N2O2.CH4.FH/c1-14-2-5-17(6-3-14)28(25,26)23-10-8-22(9-11-23)16-4-7-18-15(12-16)13-19(27-18)20(21)24;14-13(17)12-8-9-7-10(1-2-11(9)18-12)16-5-3-15-4-6-16;1-10-2-4-11(5-3-10)17(15,16)14(8-6-12)9-7-13;10-6-1-2-7-5(3-6)4-8(13-7)9(11)12;;/h2-7,12-13H,8-11H2,1H3,(H2,21,24);1-2,7-8,15H,3-6H2,(H2,14,17);2-5H,6-9H2,1H3;1-4H,10H2,(H2,11,12);1H4;1H. The molecular formula is C54H64Cl2FN9O10S2. The van der Waals surface area contributed by atoms with Crippen LogP contribution in [0.1, 0.15) is 50.2 Å². The first-order chi connectivity index (χ1) is 36.3. The minimum absolute atomic E-state index is 0. The van der Waals surface area contributed by atoms with Crippen LogP contribution in [0.4, 0.5) is 21.8 Å². The number of hydrogen-bond acceptors (Lipinski definition) is 14. The van der Waals surface area contributed by atoms with E-state index in [4.69, 9.17) is 59.4 Å². The fourth-order valence-electron chi connectivity index (χ4n) is 8.25. The summed E-state index contributed by atoms with van der Waals surface area (Å²) in [5, 5.41) is 5.81. The van der Waals surface area contributed by atoms with E-state index in [9.17, 15) is 31.2 Å². The van der Waals surface area contributed by atoms with E-state index in [0.717, 1.165) is 64.8 Å². The predicted octanol–water partition coefficient (Wildman–Crippen LogP) is 7.66. The maximum absolute atomic E-state index is 12.8. The Bertz CT molecular complexity index is 3540. The highest BCUT2D eigenvalue weighted by atomic mass is 35.5. The van der Waals surface area contributed by atoms with Gasteiger partial charge in [0, 0.05) is 110 Å². The number of furan rings is 3. The number of nitrogens with one attached hydrogen (secondary N) is 1. The number of primary amides is 3. The highest BCUT2D eigenvalue weighted by Gasteiger charge is 2.29. The van der Waals surface area contributed by atoms with Gasteiger partial charge in [0.25, 0.3) is 17.7 Å². The van der Waals surface area contributed by atoms with Gasteiger partial charge in [-0.1, -0.05) is 42.8 Å². The van der Waals surface area contributed by atoms with Crippen molar-refractivity contribution >= 4 is 111 Å². The summed E-state index contributed by atoms with van der Waals surface area (Å²) in [6.07, 6.45) is 0. The summed E-state index contributed by atoms with van der Waals surface area (Å²) in [7, 11) is -6.96. The molecule has 0 saturated carbocycles. The molecule has 9 N–H and O–H groups in total. The van der Waals surface area contributed by atoms with Gasteiger partial charge >= 0.3 is 0 Å². The van der Waals surface area contributed by atoms with Gasteiger partial charge in [0.15, 0.2) is 17.3 Å². The Kier molecular flexibility index (Phi) is 21.7. The van der Waals surface area contributed by atoms with Crippen LogP contribution >= 0.6 is 23.2 Å². The van der Waals surface area contributed by atoms with E-state index < -0.39 is 37.8 Å². The van der Waals surface area contributed by atoms with Gasteiger partial charge in [-0.2, -0.15) is 8.61 Å². The molecular weight excluding hydrogens is 1090 g/mol. The van der Waals surface area contributed by atoms with Crippen LogP contribution in [0.25, 0.3) is 32.9 Å². The summed E-state index contributed by atoms with van der Waals surface area (Å²) in [4.78, 5) is 38.1. The van der Waals surface area contributed by atoms with Crippen molar-refractivity contribution in [1.82, 2.24) is 13.9 Å². The summed E-state index contributed by atoms with van der Waals surface area (Å²) in [5.74, 6) is -0.717. The summed E-state index contributed by atoms with van der Waals surface area (Å²) < 4.78 is 68.9. The minimum atomic E-state index is -3.48. The molecule has 3 amide bonds. The Labute approximate surface area is 462 Å². The lowest BCUT2D eigenvalue weighted by atomic mass is 10.2. The Morgan fingerprint density at radius 2 is 0.936 bits per heavy atom. The Balaban J connectivity index is 0.000000198. The number of nitrogens with zero attached hydrogens (tertiary/aromatic N) is 4. The third kappa shape index (κ3) is 15.3. The number of nitrogens with two attached hydrogens (primary N) is 4. The van der Waals surface area contributed by atoms with Crippen molar-refractivity contribution in [2.75, 3.05) is 92.7 Å². The van der Waals surface area contributed by atoms with E-state index in [1.54, 1.807) is 78.9 Å². The zero-order chi connectivity index (χ0) is 54.7. The van der Waals surface area contributed by atoms with Crippen molar-refractivity contribution in [1.29, 1.82) is 0 Å². The molecule has 0 atom stereocenters. The number of rotatable bonds is 13. The number of amides is 3. The van der Waals surface area contributed by atoms with E-state index in [2.05, 4.69) is 15.1 Å². The normalized spacial score (nSPS) is 13.8. The molecule has 5 aromatic carbocycles. The minimum Gasteiger partial charge on any atom is -0.451 e. The molecule has 0 unspecified atom stereocenters. The molecule has 418 valence electrons. The van der Waals surface area contributed by atoms with Gasteiger partial charge in [0.05, 0.1) is 9.79 Å². The van der Waals surface area contributed by atoms with E-state index in [1.807, 2.05) is 56.3 Å². The smallest absolute Gasteiger partial charge is 0.284 e. The first-order valence-electron chi connectivity index (χ1n) is 24.0. The molecule has 2 fully saturated rings. The van der Waals surface area contributed by atoms with Crippen LogP contribution in [0.15, 0.2) is 144 Å². The van der Waals surface area contributed by atoms with Crippen LogP contribution in [0.5, 0.6) is 0 Å². The van der Waals surface area contributed by atoms with Crippen LogP contribution in [-0.2, 0) is 20.0 Å². The second kappa shape index (κ2) is 27.4. The van der Waals surface area contributed by atoms with E-state index in [1.165, 1.54) is 8.61 Å². The van der Waals surface area contributed by atoms with Crippen molar-refractivity contribution in [3.05, 3.63) is 150 Å². The van der Waals surface area contributed by atoms with Gasteiger partial charge in [-0.25, -0.2) is 16.8 Å². The van der Waals surface area contributed by atoms with Crippen molar-refractivity contribution in [2.45, 2.75) is 31.1 Å². The zero-order valence-corrected chi connectivity index (χ0v) is 45.3. The monoisotopic (exact) mass is 1150 g/mol. The molecule has 0 bridgehead atoms. The number of nitrogen functional groups attached to an aromatic ring is 1. The van der Waals surface area contributed by atoms with Crippen LogP contribution in [0, 0.1) is 13.8 Å². The van der Waals surface area contributed by atoms with Crippen molar-refractivity contribution in [3.63, 3.8) is 0 Å². The third-order valence-electron chi connectivity index (χ3n) is 12.3. The topological polar surface area (TPSA) is 288 Å². The molecule has 8 aromatic rings. The molecule has 0 aliphatic carbocycles. The number of aryl methyl sites for hydroxylation is 2. The summed E-state index contributed by atoms with van der Waals surface area (Å²) in [6.45, 7) is 10.3. The number of fused-ring (bicyclic) bond motifs is 3. The number of sulfonamides is 2. The number of halogens is 3. The third-order valence-corrected chi connectivity index (χ3v) is 16.5. The molecule has 24 heteroatoms. The Hall–Kier alpha value is -7.18. The average molecular weight is 1150 g/mol. The summed E-state index contributed by atoms with van der Waals surface area (Å²) >= 11 is 11.2. The summed E-state index contributed by atoms with van der Waals surface area (Å²) in [5.41, 5.74) is 27.8. The number of carbonyl (C=O) groups excluding carboxylic acids is 3. The lowest BCUT2D eigenvalue weighted by Gasteiger charge is -2.35. The SMILES string of the molecule is C.Cc1ccc(S(=O)(=O)N(CCCl)CCCl)cc1.Cc1ccc(S(=O)(=O)N2CCN(c3ccc4oc(C(N)=O)cc4c3)CC2)cc1.F.NC(=O)c1cc2cc(N)ccc2o1.NC(=O)c1cc2cc(N3CCNCC3)ccc2o1. The van der Waals surface area contributed by atoms with Gasteiger partial charge in [0.1, 0.15) is 16.7 Å². The van der Waals surface area contributed by atoms with Gasteiger partial charge in [-0.15, -0.1) is 23.2 Å². The van der Waals surface area contributed by atoms with Crippen molar-refractivity contribution < 1.29 is 49.2 Å². The second-order valence-corrected chi connectivity index (χ2v) is 22.3. The van der Waals surface area contributed by atoms with Gasteiger partial charge in [-0.3, -0.25) is 19.1 Å². The number of carbonyl (C=O) groups is 3. The Morgan fingerprint density at radius 3 is 1.35 bits per heavy atom. The maximum Gasteiger partial charge on any atom is 0.284 e. The maximum atomic E-state index is 12.8. The molecule has 19 nitrogen and oxygen atoms in total. The number of hydrogen-bond donors (Lipinski definition) is 5. The molecule has 78 heavy (non-hydrogen) atoms. The average Bonchev–Trinajstić information content (AvgIpc) is 4.19. The number of anilines is 3. The molecule has 2 aliphatic heterocycles. The van der Waals surface area contributed by atoms with Crippen LogP contribution < -0.4 is 38.1 Å². The largest absolute Gasteiger partial charge is 0.451 e. The van der Waals surface area contributed by atoms with E-state index in [-0.39, 0.29) is 59.2 Å². The van der Waals surface area contributed by atoms with E-state index >= 15 is 0 Å². The summed E-state index contributed by atoms with van der Waals surface area (Å²) in [6, 6.07) is 35.3. The first-order valence-corrected chi connectivity index (χ1v) is 27.9. The molecule has 5 heterocycles. The fraction of sp³-hybridized carbons (Fsp3) is 0.278. The number of piperazine rings is 2. The fourth-order valence-corrected chi connectivity index (χ4v) is 11.7. The zero-order valence-electron chi connectivity index (χ0n) is 42.2. The van der Waals surface area contributed by atoms with Crippen LogP contribution in [0.2, 0.25) is 0 Å². The number of benzene rings is 5.